The highest BCUT2D eigenvalue weighted by Gasteiger charge is 2.54. The van der Waals surface area contributed by atoms with Crippen molar-refractivity contribution in [2.24, 2.45) is 23.2 Å². The van der Waals surface area contributed by atoms with Crippen LogP contribution in [0.3, 0.4) is 0 Å². The summed E-state index contributed by atoms with van der Waals surface area (Å²) in [5.74, 6) is 0.416. The molecule has 4 nitrogen and oxygen atoms in total. The first-order valence-electron chi connectivity index (χ1n) is 11.3. The molecule has 2 aromatic heterocycles. The highest BCUT2D eigenvalue weighted by molar-refractivity contribution is 7.15. The predicted octanol–water partition coefficient (Wildman–Crippen LogP) is 5.43. The Morgan fingerprint density at radius 1 is 1.40 bits per heavy atom. The van der Waals surface area contributed by atoms with Gasteiger partial charge in [-0.25, -0.2) is 4.98 Å². The first kappa shape index (κ1) is 22.0. The maximum Gasteiger partial charge on any atom is 0.225 e. The molecule has 0 aliphatic heterocycles. The molecular formula is C24H34N2O2S2. The zero-order valence-corrected chi connectivity index (χ0v) is 20.4. The van der Waals surface area contributed by atoms with Crippen LogP contribution < -0.4 is 0 Å². The fourth-order valence-electron chi connectivity index (χ4n) is 6.06. The van der Waals surface area contributed by atoms with Crippen molar-refractivity contribution in [3.05, 3.63) is 27.4 Å². The molecule has 6 atom stereocenters. The fourth-order valence-corrected chi connectivity index (χ4v) is 8.14. The van der Waals surface area contributed by atoms with Gasteiger partial charge >= 0.3 is 0 Å². The Morgan fingerprint density at radius 3 is 2.77 bits per heavy atom. The monoisotopic (exact) mass is 446 g/mol. The second kappa shape index (κ2) is 8.36. The lowest BCUT2D eigenvalue weighted by atomic mass is 9.53. The van der Waals surface area contributed by atoms with Crippen molar-refractivity contribution in [2.75, 3.05) is 13.1 Å². The number of thiazole rings is 1. The maximum absolute atomic E-state index is 13.0. The highest BCUT2D eigenvalue weighted by Crippen LogP contribution is 2.57. The molecule has 2 aliphatic rings. The van der Waals surface area contributed by atoms with Crippen molar-refractivity contribution in [1.82, 2.24) is 9.88 Å². The molecule has 1 amide bonds. The van der Waals surface area contributed by atoms with E-state index in [9.17, 15) is 9.90 Å². The van der Waals surface area contributed by atoms with Crippen molar-refractivity contribution in [1.29, 1.82) is 0 Å². The van der Waals surface area contributed by atoms with Gasteiger partial charge in [0.15, 0.2) is 0 Å². The quantitative estimate of drug-likeness (QED) is 0.666. The first-order chi connectivity index (χ1) is 14.3. The zero-order valence-electron chi connectivity index (χ0n) is 18.7. The Morgan fingerprint density at radius 2 is 2.13 bits per heavy atom. The summed E-state index contributed by atoms with van der Waals surface area (Å²) in [5, 5.41) is 16.9. The maximum atomic E-state index is 13.0. The lowest BCUT2D eigenvalue weighted by molar-refractivity contribution is -0.144. The number of aliphatic hydroxyl groups excluding tert-OH is 1. The summed E-state index contributed by atoms with van der Waals surface area (Å²) in [5.41, 5.74) is 2.45. The molecule has 164 valence electrons. The van der Waals surface area contributed by atoms with Crippen LogP contribution in [0, 0.1) is 23.2 Å². The van der Waals surface area contributed by atoms with Gasteiger partial charge in [-0.3, -0.25) is 4.79 Å². The molecule has 2 aromatic rings. The molecule has 1 N–H and O–H groups in total. The van der Waals surface area contributed by atoms with Crippen LogP contribution in [-0.2, 0) is 11.2 Å². The van der Waals surface area contributed by atoms with Gasteiger partial charge in [-0.2, -0.15) is 11.3 Å². The zero-order chi connectivity index (χ0) is 21.6. The first-order valence-corrected chi connectivity index (χ1v) is 13.1. The summed E-state index contributed by atoms with van der Waals surface area (Å²) in [7, 11) is 0. The third-order valence-electron chi connectivity index (χ3n) is 7.80. The molecule has 0 aromatic carbocycles. The summed E-state index contributed by atoms with van der Waals surface area (Å²) in [6.07, 6.45) is 2.50. The van der Waals surface area contributed by atoms with Gasteiger partial charge in [0.1, 0.15) is 5.01 Å². The lowest BCUT2D eigenvalue weighted by Crippen LogP contribution is -2.53. The summed E-state index contributed by atoms with van der Waals surface area (Å²) < 4.78 is 0. The molecule has 0 saturated heterocycles. The summed E-state index contributed by atoms with van der Waals surface area (Å²) in [4.78, 5) is 21.3. The van der Waals surface area contributed by atoms with E-state index in [2.05, 4.69) is 30.7 Å². The van der Waals surface area contributed by atoms with E-state index in [1.54, 1.807) is 11.3 Å². The Bertz CT molecular complexity index is 889. The van der Waals surface area contributed by atoms with Crippen LogP contribution >= 0.6 is 22.7 Å². The van der Waals surface area contributed by atoms with Crippen molar-refractivity contribution in [2.45, 2.75) is 65.9 Å². The van der Waals surface area contributed by atoms with Gasteiger partial charge in [0.25, 0.3) is 0 Å². The Kier molecular flexibility index (Phi) is 6.12. The van der Waals surface area contributed by atoms with Gasteiger partial charge < -0.3 is 10.0 Å². The number of aromatic nitrogens is 1. The minimum atomic E-state index is -0.465. The molecule has 1 saturated carbocycles. The van der Waals surface area contributed by atoms with Crippen LogP contribution in [-0.4, -0.2) is 40.1 Å². The van der Waals surface area contributed by atoms with Gasteiger partial charge in [0.2, 0.25) is 5.91 Å². The molecule has 2 heterocycles. The van der Waals surface area contributed by atoms with Crippen LogP contribution in [0.5, 0.6) is 0 Å². The number of hydrogen-bond acceptors (Lipinski definition) is 5. The minimum absolute atomic E-state index is 0.0233. The molecule has 0 spiro atoms. The Labute approximate surface area is 188 Å². The van der Waals surface area contributed by atoms with Crippen molar-refractivity contribution >= 4 is 28.6 Å². The largest absolute Gasteiger partial charge is 0.392 e. The van der Waals surface area contributed by atoms with Gasteiger partial charge in [0, 0.05) is 40.7 Å². The number of thiophene rings is 1. The lowest BCUT2D eigenvalue weighted by Gasteiger charge is -2.53. The fraction of sp³-hybridized carbons (Fsp3) is 0.667. The summed E-state index contributed by atoms with van der Waals surface area (Å²) in [6.45, 7) is 12.1. The van der Waals surface area contributed by atoms with E-state index < -0.39 is 6.10 Å². The van der Waals surface area contributed by atoms with Crippen LogP contribution in [0.1, 0.15) is 63.9 Å². The normalized spacial score (nSPS) is 31.7. The molecule has 1 fully saturated rings. The van der Waals surface area contributed by atoms with E-state index in [4.69, 9.17) is 4.98 Å². The average Bonchev–Trinajstić information content (AvgIpc) is 3.38. The van der Waals surface area contributed by atoms with E-state index in [0.29, 0.717) is 0 Å². The molecule has 0 radical (unpaired) electrons. The second-order valence-corrected chi connectivity index (χ2v) is 11.3. The standard InChI is InChI=1S/C24H34N2O2S2/c1-6-26(7-2)23(28)14(3)17-8-10-24(5)12-18-20(15(4)19(24)21(17)27)25-22(30-18)16-9-11-29-13-16/h9,11,13-15,17,19,21,27H,6-8,10,12H2,1-5H3/t14-,15-,17+,19+,21-,24+/m0/s1. The van der Waals surface area contributed by atoms with E-state index >= 15 is 0 Å². The SMILES string of the molecule is CCN(CC)C(=O)[C@@H](C)[C@H]1CC[C@]2(C)Cc3sc(-c4ccsc4)nc3[C@@H](C)[C@@H]2[C@H]1O. The van der Waals surface area contributed by atoms with Gasteiger partial charge in [-0.1, -0.05) is 20.8 Å². The van der Waals surface area contributed by atoms with Crippen LogP contribution in [0.2, 0.25) is 0 Å². The van der Waals surface area contributed by atoms with Crippen LogP contribution in [0.4, 0.5) is 0 Å². The third-order valence-corrected chi connectivity index (χ3v) is 9.60. The number of hydrogen-bond donors (Lipinski definition) is 1. The molecule has 2 aliphatic carbocycles. The molecule has 0 unspecified atom stereocenters. The van der Waals surface area contributed by atoms with Crippen LogP contribution in [0.25, 0.3) is 10.6 Å². The van der Waals surface area contributed by atoms with E-state index in [-0.39, 0.29) is 35.0 Å². The van der Waals surface area contributed by atoms with E-state index in [1.165, 1.54) is 16.1 Å². The van der Waals surface area contributed by atoms with E-state index in [0.717, 1.165) is 37.4 Å². The number of fused-ring (bicyclic) bond motifs is 2. The Hall–Kier alpha value is -1.24. The number of rotatable bonds is 5. The van der Waals surface area contributed by atoms with Gasteiger partial charge in [-0.15, -0.1) is 11.3 Å². The molecule has 6 heteroatoms. The number of amides is 1. The van der Waals surface area contributed by atoms with Gasteiger partial charge in [-0.05, 0) is 61.8 Å². The molecular weight excluding hydrogens is 412 g/mol. The number of carbonyl (C=O) groups excluding carboxylic acids is 1. The van der Waals surface area contributed by atoms with E-state index in [1.807, 2.05) is 37.0 Å². The van der Waals surface area contributed by atoms with Crippen molar-refractivity contribution in [3.8, 4) is 10.6 Å². The van der Waals surface area contributed by atoms with Crippen molar-refractivity contribution in [3.63, 3.8) is 0 Å². The summed E-state index contributed by atoms with van der Waals surface area (Å²) in [6, 6.07) is 2.14. The number of aliphatic hydroxyl groups is 1. The molecule has 0 bridgehead atoms. The summed E-state index contributed by atoms with van der Waals surface area (Å²) >= 11 is 3.53. The highest BCUT2D eigenvalue weighted by atomic mass is 32.1. The van der Waals surface area contributed by atoms with Crippen LogP contribution in [0.15, 0.2) is 16.8 Å². The number of carbonyl (C=O) groups is 1. The number of nitrogens with zero attached hydrogens (tertiary/aromatic N) is 2. The second-order valence-electron chi connectivity index (χ2n) is 9.48. The smallest absolute Gasteiger partial charge is 0.225 e. The van der Waals surface area contributed by atoms with Crippen molar-refractivity contribution < 1.29 is 9.90 Å². The van der Waals surface area contributed by atoms with Gasteiger partial charge in [0.05, 0.1) is 11.8 Å². The molecule has 4 rings (SSSR count). The Balaban J connectivity index is 1.62. The predicted molar refractivity (Wildman–Crippen MR) is 125 cm³/mol. The third kappa shape index (κ3) is 3.55. The average molecular weight is 447 g/mol. The minimum Gasteiger partial charge on any atom is -0.392 e. The molecule has 30 heavy (non-hydrogen) atoms. The topological polar surface area (TPSA) is 53.4 Å².